The summed E-state index contributed by atoms with van der Waals surface area (Å²) in [5.74, 6) is 2.40. The molecule has 3 aromatic heterocycles. The van der Waals surface area contributed by atoms with Gasteiger partial charge in [0.2, 0.25) is 11.2 Å². The number of hydrogen-bond donors (Lipinski definition) is 0. The number of ether oxygens (including phenoxy) is 4. The van der Waals surface area contributed by atoms with Gasteiger partial charge in [0.25, 0.3) is 0 Å². The fourth-order valence-electron chi connectivity index (χ4n) is 6.67. The molecule has 0 fully saturated rings. The van der Waals surface area contributed by atoms with Crippen LogP contribution in [0.2, 0.25) is 0 Å². The summed E-state index contributed by atoms with van der Waals surface area (Å²) in [5, 5.41) is 9.59. The molecule has 59 heavy (non-hydrogen) atoms. The fourth-order valence-corrected chi connectivity index (χ4v) is 6.67. The topological polar surface area (TPSA) is 128 Å². The lowest BCUT2D eigenvalue weighted by molar-refractivity contribution is 0.0923. The van der Waals surface area contributed by atoms with Crippen LogP contribution in [0.15, 0.2) is 152 Å². The Kier molecular flexibility index (Phi) is 12.2. The summed E-state index contributed by atoms with van der Waals surface area (Å²) in [6.07, 6.45) is 4.50. The fraction of sp³-hybridized carbons (Fsp3) is 0.208. The van der Waals surface area contributed by atoms with Crippen molar-refractivity contribution in [1.29, 1.82) is 0 Å². The molecule has 0 atom stereocenters. The van der Waals surface area contributed by atoms with Gasteiger partial charge in [0.1, 0.15) is 41.6 Å². The summed E-state index contributed by atoms with van der Waals surface area (Å²) < 4.78 is 37.9. The van der Waals surface area contributed by atoms with Crippen LogP contribution in [0.1, 0.15) is 29.7 Å². The van der Waals surface area contributed by atoms with Crippen molar-refractivity contribution < 1.29 is 27.8 Å². The third-order valence-corrected chi connectivity index (χ3v) is 9.74. The molecule has 0 aliphatic rings. The van der Waals surface area contributed by atoms with Crippen molar-refractivity contribution >= 4 is 21.9 Å². The Morgan fingerprint density at radius 2 is 1.46 bits per heavy atom. The first kappa shape index (κ1) is 38.9. The Hall–Kier alpha value is -6.98. The molecule has 0 saturated heterocycles. The number of rotatable bonds is 18. The molecule has 0 unspecified atom stereocenters. The number of aromatic nitrogens is 3. The maximum absolute atomic E-state index is 13.5. The van der Waals surface area contributed by atoms with Gasteiger partial charge in [0, 0.05) is 23.4 Å². The predicted molar refractivity (Wildman–Crippen MR) is 226 cm³/mol. The van der Waals surface area contributed by atoms with Crippen LogP contribution in [0.5, 0.6) is 17.2 Å². The van der Waals surface area contributed by atoms with Crippen molar-refractivity contribution in [3.63, 3.8) is 0 Å². The molecule has 8 rings (SSSR count). The highest BCUT2D eigenvalue weighted by atomic mass is 16.5. The van der Waals surface area contributed by atoms with Gasteiger partial charge in [-0.15, -0.1) is 5.10 Å². The third-order valence-electron chi connectivity index (χ3n) is 9.74. The molecular weight excluding hydrogens is 747 g/mol. The minimum atomic E-state index is -0.228. The van der Waals surface area contributed by atoms with Crippen molar-refractivity contribution in [2.24, 2.45) is 0 Å². The molecule has 0 N–H and O–H groups in total. The SMILES string of the molecule is Cc1ccc2oc(-c3ccc(OCCCCc4cn(CCOCCOc5cccc(-c6oc7ccccc7c(=O)c6OCc6ccccc6)c5)nn4)cc3)cc(=O)c2c1. The van der Waals surface area contributed by atoms with E-state index in [1.807, 2.05) is 116 Å². The predicted octanol–water partition coefficient (Wildman–Crippen LogP) is 9.21. The summed E-state index contributed by atoms with van der Waals surface area (Å²) in [4.78, 5) is 26.2. The van der Waals surface area contributed by atoms with Crippen molar-refractivity contribution in [2.75, 3.05) is 26.4 Å². The zero-order chi connectivity index (χ0) is 40.4. The largest absolute Gasteiger partial charge is 0.494 e. The first-order chi connectivity index (χ1) is 29.0. The molecule has 298 valence electrons. The van der Waals surface area contributed by atoms with Crippen molar-refractivity contribution in [3.05, 3.63) is 171 Å². The van der Waals surface area contributed by atoms with Crippen molar-refractivity contribution in [2.45, 2.75) is 39.3 Å². The Balaban J connectivity index is 0.752. The van der Waals surface area contributed by atoms with E-state index < -0.39 is 0 Å². The second kappa shape index (κ2) is 18.5. The minimum absolute atomic E-state index is 0.0579. The molecule has 0 amide bonds. The average molecular weight is 790 g/mol. The Labute approximate surface area is 340 Å². The van der Waals surface area contributed by atoms with Gasteiger partial charge >= 0.3 is 0 Å². The van der Waals surface area contributed by atoms with Gasteiger partial charge in [0.15, 0.2) is 11.2 Å². The standard InChI is InChI=1S/C48H43N3O8/c1-33-17-22-44-41(28-33)42(52)30-45(58-44)35-18-20-38(21-19-35)55-24-8-7-13-37-31-51(50-49-37)23-25-54-26-27-56-39-14-9-12-36(29-39)47-48(57-32-34-10-3-2-4-11-34)46(53)40-15-5-6-16-43(40)59-47/h2-6,9-12,14-22,28-31H,7-8,13,23-27,32H2,1H3. The van der Waals surface area contributed by atoms with E-state index in [1.165, 1.54) is 6.07 Å². The average Bonchev–Trinajstić information content (AvgIpc) is 3.72. The van der Waals surface area contributed by atoms with E-state index in [0.717, 1.165) is 47.4 Å². The Bertz CT molecular complexity index is 2780. The molecule has 0 aliphatic heterocycles. The molecular formula is C48H43N3O8. The smallest absolute Gasteiger partial charge is 0.235 e. The van der Waals surface area contributed by atoms with E-state index >= 15 is 0 Å². The second-order valence-electron chi connectivity index (χ2n) is 14.1. The summed E-state index contributed by atoms with van der Waals surface area (Å²) in [7, 11) is 0. The van der Waals surface area contributed by atoms with Gasteiger partial charge in [-0.05, 0) is 92.4 Å². The number of fused-ring (bicyclic) bond motifs is 2. The highest BCUT2D eigenvalue weighted by Crippen LogP contribution is 2.33. The van der Waals surface area contributed by atoms with Gasteiger partial charge in [0.05, 0.1) is 42.8 Å². The van der Waals surface area contributed by atoms with Crippen LogP contribution in [-0.2, 0) is 24.3 Å². The molecule has 8 aromatic rings. The van der Waals surface area contributed by atoms with Crippen LogP contribution in [-0.4, -0.2) is 41.4 Å². The molecule has 0 radical (unpaired) electrons. The maximum atomic E-state index is 13.5. The van der Waals surface area contributed by atoms with Gasteiger partial charge in [-0.1, -0.05) is 71.4 Å². The minimum Gasteiger partial charge on any atom is -0.494 e. The molecule has 5 aromatic carbocycles. The van der Waals surface area contributed by atoms with Gasteiger partial charge in [-0.3, -0.25) is 9.59 Å². The number of nitrogens with zero attached hydrogens (tertiary/aromatic N) is 3. The van der Waals surface area contributed by atoms with E-state index in [1.54, 1.807) is 22.9 Å². The molecule has 3 heterocycles. The van der Waals surface area contributed by atoms with Crippen LogP contribution in [0.3, 0.4) is 0 Å². The molecule has 0 bridgehead atoms. The highest BCUT2D eigenvalue weighted by Gasteiger charge is 2.19. The zero-order valence-corrected chi connectivity index (χ0v) is 32.7. The molecule has 0 spiro atoms. The summed E-state index contributed by atoms with van der Waals surface area (Å²) in [6, 6.07) is 39.0. The van der Waals surface area contributed by atoms with Crippen molar-refractivity contribution in [1.82, 2.24) is 15.0 Å². The van der Waals surface area contributed by atoms with Crippen LogP contribution in [0.4, 0.5) is 0 Å². The quantitative estimate of drug-likeness (QED) is 0.0777. The third kappa shape index (κ3) is 9.77. The lowest BCUT2D eigenvalue weighted by Crippen LogP contribution is -2.12. The summed E-state index contributed by atoms with van der Waals surface area (Å²) in [6.45, 7) is 4.49. The molecule has 11 heteroatoms. The first-order valence-electron chi connectivity index (χ1n) is 19.7. The van der Waals surface area contributed by atoms with Gasteiger partial charge in [-0.25, -0.2) is 4.68 Å². The second-order valence-corrected chi connectivity index (χ2v) is 14.1. The van der Waals surface area contributed by atoms with Crippen LogP contribution >= 0.6 is 0 Å². The highest BCUT2D eigenvalue weighted by molar-refractivity contribution is 5.82. The lowest BCUT2D eigenvalue weighted by Gasteiger charge is -2.13. The van der Waals surface area contributed by atoms with E-state index in [-0.39, 0.29) is 23.2 Å². The number of aryl methyl sites for hydroxylation is 2. The first-order valence-corrected chi connectivity index (χ1v) is 19.7. The lowest BCUT2D eigenvalue weighted by atomic mass is 10.1. The number of para-hydroxylation sites is 1. The Morgan fingerprint density at radius 1 is 0.644 bits per heavy atom. The normalized spacial score (nSPS) is 11.3. The van der Waals surface area contributed by atoms with E-state index in [9.17, 15) is 9.59 Å². The van der Waals surface area contributed by atoms with Crippen LogP contribution in [0, 0.1) is 6.92 Å². The number of hydrogen-bond acceptors (Lipinski definition) is 10. The molecule has 0 saturated carbocycles. The van der Waals surface area contributed by atoms with Gasteiger partial charge < -0.3 is 27.8 Å². The van der Waals surface area contributed by atoms with Gasteiger partial charge in [-0.2, -0.15) is 0 Å². The van der Waals surface area contributed by atoms with E-state index in [2.05, 4.69) is 10.3 Å². The number of benzene rings is 5. The van der Waals surface area contributed by atoms with Crippen molar-refractivity contribution in [3.8, 4) is 39.9 Å². The molecule has 0 aliphatic carbocycles. The van der Waals surface area contributed by atoms with Crippen LogP contribution < -0.4 is 25.1 Å². The van der Waals surface area contributed by atoms with E-state index in [0.29, 0.717) is 77.7 Å². The van der Waals surface area contributed by atoms with E-state index in [4.69, 9.17) is 27.8 Å². The monoisotopic (exact) mass is 789 g/mol. The summed E-state index contributed by atoms with van der Waals surface area (Å²) >= 11 is 0. The number of unbranched alkanes of at least 4 members (excludes halogenated alkanes) is 1. The Morgan fingerprint density at radius 3 is 2.34 bits per heavy atom. The maximum Gasteiger partial charge on any atom is 0.235 e. The summed E-state index contributed by atoms with van der Waals surface area (Å²) in [5.41, 5.74) is 5.13. The van der Waals surface area contributed by atoms with Crippen LogP contribution in [0.25, 0.3) is 44.6 Å². The zero-order valence-electron chi connectivity index (χ0n) is 32.7. The molecule has 11 nitrogen and oxygen atoms in total.